The van der Waals surface area contributed by atoms with Gasteiger partial charge in [0, 0.05) is 37.5 Å². The zero-order valence-corrected chi connectivity index (χ0v) is 20.5. The number of nitrogens with one attached hydrogen (secondary N) is 1. The minimum atomic E-state index is -0.285. The van der Waals surface area contributed by atoms with Gasteiger partial charge in [0.25, 0.3) is 0 Å². The Balaban J connectivity index is 1.72. The van der Waals surface area contributed by atoms with E-state index >= 15 is 0 Å². The van der Waals surface area contributed by atoms with Crippen LogP contribution in [0.2, 0.25) is 5.02 Å². The molecule has 0 aromatic heterocycles. The number of piperidine rings is 1. The van der Waals surface area contributed by atoms with E-state index in [0.717, 1.165) is 11.3 Å². The van der Waals surface area contributed by atoms with E-state index in [9.17, 15) is 4.79 Å². The molecule has 0 radical (unpaired) electrons. The fourth-order valence-corrected chi connectivity index (χ4v) is 4.33. The Hall–Kier alpha value is -2.76. The van der Waals surface area contributed by atoms with Gasteiger partial charge in [-0.25, -0.2) is 4.79 Å². The molecular weight excluding hydrogens is 444 g/mol. The number of allylic oxidation sites excluding steroid dienone is 1. The van der Waals surface area contributed by atoms with Gasteiger partial charge in [0.1, 0.15) is 11.9 Å². The summed E-state index contributed by atoms with van der Waals surface area (Å²) in [4.78, 5) is 18.5. The van der Waals surface area contributed by atoms with E-state index in [4.69, 9.17) is 31.1 Å². The summed E-state index contributed by atoms with van der Waals surface area (Å²) in [6.45, 7) is 9.68. The van der Waals surface area contributed by atoms with Gasteiger partial charge in [-0.2, -0.15) is 5.26 Å². The monoisotopic (exact) mass is 474 g/mol. The number of nitriles is 1. The molecule has 1 aromatic carbocycles. The lowest BCUT2D eigenvalue weighted by Gasteiger charge is -2.46. The van der Waals surface area contributed by atoms with Crippen LogP contribution in [0.1, 0.15) is 33.3 Å². The largest absolute Gasteiger partial charge is 0.494 e. The molecule has 2 atom stereocenters. The van der Waals surface area contributed by atoms with Crippen LogP contribution in [-0.2, 0) is 14.2 Å². The number of fused-ring (bicyclic) bond motifs is 2. The maximum absolute atomic E-state index is 12.4. The van der Waals surface area contributed by atoms with Gasteiger partial charge in [-0.3, -0.25) is 4.99 Å². The second-order valence-electron chi connectivity index (χ2n) is 8.66. The zero-order chi connectivity index (χ0) is 24.1. The summed E-state index contributed by atoms with van der Waals surface area (Å²) < 4.78 is 17.6. The minimum absolute atomic E-state index is 0.0582. The lowest BCUT2D eigenvalue weighted by Crippen LogP contribution is -2.57. The third kappa shape index (κ3) is 5.98. The first-order valence-corrected chi connectivity index (χ1v) is 11.4. The number of anilines is 1. The third-order valence-corrected chi connectivity index (χ3v) is 6.18. The van der Waals surface area contributed by atoms with Crippen LogP contribution in [0.3, 0.4) is 0 Å². The molecule has 9 heteroatoms. The first-order chi connectivity index (χ1) is 15.7. The van der Waals surface area contributed by atoms with E-state index in [-0.39, 0.29) is 30.1 Å². The van der Waals surface area contributed by atoms with Crippen molar-refractivity contribution < 1.29 is 19.0 Å². The normalized spacial score (nSPS) is 23.5. The Kier molecular flexibility index (Phi) is 8.22. The number of nitrogens with zero attached hydrogens (tertiary/aromatic N) is 3. The number of carbonyl (C=O) groups excluding carboxylic acids is 1. The van der Waals surface area contributed by atoms with Crippen molar-refractivity contribution in [2.75, 3.05) is 38.7 Å². The Morgan fingerprint density at radius 1 is 1.30 bits per heavy atom. The number of aliphatic imine (C=N–C) groups is 1. The predicted octanol–water partition coefficient (Wildman–Crippen LogP) is 4.45. The Labute approximate surface area is 200 Å². The molecule has 1 aromatic rings. The number of benzene rings is 1. The molecule has 0 aliphatic carbocycles. The molecule has 2 aliphatic heterocycles. The molecule has 33 heavy (non-hydrogen) atoms. The van der Waals surface area contributed by atoms with Gasteiger partial charge in [-0.1, -0.05) is 11.6 Å². The van der Waals surface area contributed by atoms with Crippen LogP contribution in [0.4, 0.5) is 10.5 Å². The number of amidine groups is 1. The highest BCUT2D eigenvalue weighted by atomic mass is 35.5. The van der Waals surface area contributed by atoms with Crippen LogP contribution < -0.4 is 5.32 Å². The van der Waals surface area contributed by atoms with Crippen LogP contribution in [0.5, 0.6) is 0 Å². The van der Waals surface area contributed by atoms with Crippen LogP contribution in [-0.4, -0.2) is 62.4 Å². The summed E-state index contributed by atoms with van der Waals surface area (Å²) in [6.07, 6.45) is -0.500. The van der Waals surface area contributed by atoms with Crippen molar-refractivity contribution in [3.63, 3.8) is 0 Å². The summed E-state index contributed by atoms with van der Waals surface area (Å²) in [5.41, 5.74) is 1.99. The molecule has 1 amide bonds. The van der Waals surface area contributed by atoms with Gasteiger partial charge in [0.05, 0.1) is 47.4 Å². The second kappa shape index (κ2) is 10.9. The fourth-order valence-electron chi connectivity index (χ4n) is 4.11. The first-order valence-electron chi connectivity index (χ1n) is 11.0. The van der Waals surface area contributed by atoms with Gasteiger partial charge in [0.2, 0.25) is 0 Å². The van der Waals surface area contributed by atoms with Gasteiger partial charge < -0.3 is 24.4 Å². The maximum Gasteiger partial charge on any atom is 0.410 e. The molecule has 2 heterocycles. The molecular formula is C24H31ClN4O4. The van der Waals surface area contributed by atoms with Crippen molar-refractivity contribution in [1.82, 2.24) is 4.90 Å². The van der Waals surface area contributed by atoms with Gasteiger partial charge in [0.15, 0.2) is 0 Å². The van der Waals surface area contributed by atoms with E-state index in [1.165, 1.54) is 0 Å². The van der Waals surface area contributed by atoms with Crippen molar-refractivity contribution in [3.05, 3.63) is 40.1 Å². The van der Waals surface area contributed by atoms with E-state index < -0.39 is 0 Å². The summed E-state index contributed by atoms with van der Waals surface area (Å²) in [5, 5.41) is 12.7. The van der Waals surface area contributed by atoms with Gasteiger partial charge in [-0.15, -0.1) is 0 Å². The molecule has 0 spiro atoms. The van der Waals surface area contributed by atoms with Crippen molar-refractivity contribution in [2.24, 2.45) is 16.8 Å². The molecule has 2 fully saturated rings. The van der Waals surface area contributed by atoms with Crippen LogP contribution in [0, 0.1) is 23.2 Å². The number of halogens is 1. The number of hydrogen-bond donors (Lipinski definition) is 1. The van der Waals surface area contributed by atoms with E-state index in [2.05, 4.69) is 16.4 Å². The first kappa shape index (κ1) is 24.9. The molecule has 2 saturated heterocycles. The SMILES string of the molecule is CN=C(Nc1ccc(C#N)cc1Cl)/C(C)=C(\C)OC1C2COCC1CN(C(=O)OC(C)C)C2. The molecule has 3 rings (SSSR count). The van der Waals surface area contributed by atoms with Crippen molar-refractivity contribution in [2.45, 2.75) is 39.9 Å². The predicted molar refractivity (Wildman–Crippen MR) is 127 cm³/mol. The fraction of sp³-hybridized carbons (Fsp3) is 0.542. The summed E-state index contributed by atoms with van der Waals surface area (Å²) in [6, 6.07) is 7.13. The smallest absolute Gasteiger partial charge is 0.410 e. The zero-order valence-electron chi connectivity index (χ0n) is 19.7. The Morgan fingerprint density at radius 2 is 1.97 bits per heavy atom. The van der Waals surface area contributed by atoms with Crippen LogP contribution in [0.25, 0.3) is 0 Å². The second-order valence-corrected chi connectivity index (χ2v) is 9.07. The number of hydrogen-bond acceptors (Lipinski definition) is 6. The highest BCUT2D eigenvalue weighted by Crippen LogP contribution is 2.33. The average Bonchev–Trinajstić information content (AvgIpc) is 2.77. The van der Waals surface area contributed by atoms with E-state index in [1.807, 2.05) is 27.7 Å². The Morgan fingerprint density at radius 3 is 2.52 bits per heavy atom. The Bertz CT molecular complexity index is 971. The summed E-state index contributed by atoms with van der Waals surface area (Å²) >= 11 is 6.31. The number of ether oxygens (including phenoxy) is 3. The summed E-state index contributed by atoms with van der Waals surface area (Å²) in [7, 11) is 1.69. The lowest BCUT2D eigenvalue weighted by molar-refractivity contribution is -0.129. The number of carbonyl (C=O) groups is 1. The average molecular weight is 475 g/mol. The molecule has 8 nitrogen and oxygen atoms in total. The van der Waals surface area contributed by atoms with Crippen LogP contribution in [0.15, 0.2) is 34.5 Å². The molecule has 178 valence electrons. The molecule has 1 N–H and O–H groups in total. The van der Waals surface area contributed by atoms with Crippen molar-refractivity contribution in [3.8, 4) is 6.07 Å². The van der Waals surface area contributed by atoms with Crippen LogP contribution >= 0.6 is 11.6 Å². The summed E-state index contributed by atoms with van der Waals surface area (Å²) in [5.74, 6) is 1.48. The standard InChI is InChI=1S/C24H31ClN4O4/c1-14(2)32-24(30)29-10-18-12-31-13-19(11-29)22(18)33-16(4)15(3)23(27-5)28-21-7-6-17(9-26)8-20(21)25/h6-8,14,18-19,22H,10-13H2,1-5H3,(H,27,28)/b16-15+. The highest BCUT2D eigenvalue weighted by Gasteiger charge is 2.44. The molecule has 2 bridgehead atoms. The lowest BCUT2D eigenvalue weighted by atomic mass is 9.84. The number of rotatable bonds is 5. The van der Waals surface area contributed by atoms with Crippen molar-refractivity contribution in [1.29, 1.82) is 5.26 Å². The quantitative estimate of drug-likeness (QED) is 0.384. The van der Waals surface area contributed by atoms with Gasteiger partial charge >= 0.3 is 6.09 Å². The number of amides is 1. The van der Waals surface area contributed by atoms with E-state index in [1.54, 1.807) is 30.1 Å². The topological polar surface area (TPSA) is 96.2 Å². The third-order valence-electron chi connectivity index (χ3n) is 5.87. The maximum atomic E-state index is 12.4. The van der Waals surface area contributed by atoms with Crippen molar-refractivity contribution >= 4 is 29.2 Å². The minimum Gasteiger partial charge on any atom is -0.494 e. The molecule has 2 unspecified atom stereocenters. The number of likely N-dealkylation sites (tertiary alicyclic amines) is 1. The molecule has 0 saturated carbocycles. The van der Waals surface area contributed by atoms with E-state index in [0.29, 0.717) is 48.4 Å². The molecule has 2 aliphatic rings. The highest BCUT2D eigenvalue weighted by molar-refractivity contribution is 6.34. The van der Waals surface area contributed by atoms with Gasteiger partial charge in [-0.05, 0) is 45.9 Å².